The van der Waals surface area contributed by atoms with Crippen LogP contribution in [0.5, 0.6) is 0 Å². The van der Waals surface area contributed by atoms with Crippen molar-refractivity contribution in [2.24, 2.45) is 10.2 Å². The number of unbranched alkanes of at least 4 members (excludes halogenated alkanes) is 4. The second kappa shape index (κ2) is 19.0. The molecule has 0 spiro atoms. The number of nitrogens with zero attached hydrogens (tertiary/aromatic N) is 5. The third-order valence-electron chi connectivity index (χ3n) is 6.50. The molecule has 0 amide bonds. The van der Waals surface area contributed by atoms with Gasteiger partial charge >= 0.3 is 20.0 Å². The van der Waals surface area contributed by atoms with E-state index in [-0.39, 0.29) is 0 Å². The summed E-state index contributed by atoms with van der Waals surface area (Å²) in [5.74, 6) is 0.916. The Hall–Kier alpha value is -2.20. The summed E-state index contributed by atoms with van der Waals surface area (Å²) < 4.78 is 4.45. The molecule has 0 aliphatic rings. The number of nitrogens with one attached hydrogen (secondary N) is 2. The Morgan fingerprint density at radius 2 is 1.45 bits per heavy atom. The molecule has 2 aromatic rings. The van der Waals surface area contributed by atoms with Gasteiger partial charge in [-0.1, -0.05) is 44.6 Å². The van der Waals surface area contributed by atoms with Crippen LogP contribution in [0.1, 0.15) is 65.2 Å². The molecule has 0 saturated carbocycles. The molecule has 0 aliphatic carbocycles. The molecule has 4 N–H and O–H groups in total. The summed E-state index contributed by atoms with van der Waals surface area (Å²) in [6.07, 6.45) is 13.2. The fraction of sp³-hybridized carbons (Fsp3) is 0.667. The van der Waals surface area contributed by atoms with Gasteiger partial charge in [-0.05, 0) is 76.7 Å². The topological polar surface area (TPSA) is 101 Å². The first-order valence-corrected chi connectivity index (χ1v) is 14.6. The summed E-state index contributed by atoms with van der Waals surface area (Å²) in [5, 5.41) is 34.4. The molecule has 1 aromatic heterocycles. The highest BCUT2D eigenvalue weighted by atomic mass is 16.2. The summed E-state index contributed by atoms with van der Waals surface area (Å²) >= 11 is 0. The smallest absolute Gasteiger partial charge is 0.421 e. The second-order valence-electron chi connectivity index (χ2n) is 10.1. The SMILES string of the molecule is CCCCCn1cc[n+](CCCCC)c1N=Nc1ccc(N(CCCNB(C)O)CCCNB(C)O)cc1. The molecule has 1 aromatic carbocycles. The summed E-state index contributed by atoms with van der Waals surface area (Å²) in [6.45, 7) is 13.1. The van der Waals surface area contributed by atoms with Crippen LogP contribution in [-0.2, 0) is 13.1 Å². The number of anilines is 1. The summed E-state index contributed by atoms with van der Waals surface area (Å²) in [5.41, 5.74) is 1.97. The van der Waals surface area contributed by atoms with Gasteiger partial charge in [0.15, 0.2) is 0 Å². The molecule has 0 aliphatic heterocycles. The predicted octanol–water partition coefficient (Wildman–Crippen LogP) is 4.56. The van der Waals surface area contributed by atoms with Gasteiger partial charge in [0, 0.05) is 23.9 Å². The molecule has 11 heteroatoms. The van der Waals surface area contributed by atoms with Crippen molar-refractivity contribution in [2.75, 3.05) is 31.1 Å². The van der Waals surface area contributed by atoms with Gasteiger partial charge in [0.2, 0.25) is 0 Å². The highest BCUT2D eigenvalue weighted by Crippen LogP contribution is 2.22. The van der Waals surface area contributed by atoms with E-state index in [9.17, 15) is 10.0 Å². The van der Waals surface area contributed by atoms with Gasteiger partial charge in [-0.15, -0.1) is 0 Å². The van der Waals surface area contributed by atoms with Crippen LogP contribution in [0.25, 0.3) is 0 Å². The zero-order valence-electron chi connectivity index (χ0n) is 24.1. The Bertz CT molecular complexity index is 864. The van der Waals surface area contributed by atoms with Crippen molar-refractivity contribution < 1.29 is 14.6 Å². The predicted molar refractivity (Wildman–Crippen MR) is 159 cm³/mol. The number of imidazole rings is 1. The molecule has 2 rings (SSSR count). The van der Waals surface area contributed by atoms with Gasteiger partial charge in [0.25, 0.3) is 0 Å². The van der Waals surface area contributed by atoms with Gasteiger partial charge < -0.3 is 25.4 Å². The van der Waals surface area contributed by atoms with Crippen LogP contribution in [-0.4, -0.2) is 54.9 Å². The highest BCUT2D eigenvalue weighted by molar-refractivity contribution is 6.45. The lowest BCUT2D eigenvalue weighted by molar-refractivity contribution is -0.684. The molecule has 0 radical (unpaired) electrons. The largest absolute Gasteiger partial charge is 0.437 e. The van der Waals surface area contributed by atoms with Gasteiger partial charge in [-0.2, -0.15) is 0 Å². The van der Waals surface area contributed by atoms with Crippen molar-refractivity contribution in [3.8, 4) is 0 Å². The number of hydrogen-bond acceptors (Lipinski definition) is 7. The number of aromatic nitrogens is 2. The molecule has 9 nitrogen and oxygen atoms in total. The lowest BCUT2D eigenvalue weighted by atomic mass is 9.89. The average Bonchev–Trinajstić information content (AvgIpc) is 3.28. The number of aryl methyl sites for hydroxylation is 2. The molecule has 0 bridgehead atoms. The van der Waals surface area contributed by atoms with Crippen LogP contribution in [0.2, 0.25) is 13.6 Å². The van der Waals surface area contributed by atoms with Gasteiger partial charge in [0.05, 0.1) is 25.5 Å². The van der Waals surface area contributed by atoms with E-state index in [4.69, 9.17) is 5.11 Å². The minimum Gasteiger partial charge on any atom is -0.437 e. The van der Waals surface area contributed by atoms with Crippen LogP contribution in [0.3, 0.4) is 0 Å². The second-order valence-corrected chi connectivity index (χ2v) is 10.1. The normalized spacial score (nSPS) is 11.4. The van der Waals surface area contributed by atoms with Gasteiger partial charge in [0.1, 0.15) is 5.69 Å². The van der Waals surface area contributed by atoms with E-state index in [0.29, 0.717) is 0 Å². The number of hydrogen-bond donors (Lipinski definition) is 4. The Balaban J connectivity index is 2.09. The number of benzene rings is 1. The number of azo groups is 1. The molecule has 1 heterocycles. The first-order chi connectivity index (χ1) is 18.4. The third kappa shape index (κ3) is 12.6. The van der Waals surface area contributed by atoms with Crippen molar-refractivity contribution in [1.29, 1.82) is 0 Å². The fourth-order valence-corrected chi connectivity index (χ4v) is 4.35. The Morgan fingerprint density at radius 1 is 0.842 bits per heavy atom. The summed E-state index contributed by atoms with van der Waals surface area (Å²) in [6, 6.07) is 8.27. The molecule has 0 fully saturated rings. The Labute approximate surface area is 231 Å². The van der Waals surface area contributed by atoms with Crippen molar-refractivity contribution >= 4 is 31.4 Å². The fourth-order valence-electron chi connectivity index (χ4n) is 4.35. The van der Waals surface area contributed by atoms with E-state index >= 15 is 0 Å². The van der Waals surface area contributed by atoms with E-state index in [1.54, 1.807) is 13.6 Å². The summed E-state index contributed by atoms with van der Waals surface area (Å²) in [7, 11) is -0.997. The molecule has 0 saturated heterocycles. The maximum absolute atomic E-state index is 9.47. The zero-order chi connectivity index (χ0) is 27.6. The van der Waals surface area contributed by atoms with Crippen molar-refractivity contribution in [2.45, 2.75) is 91.9 Å². The van der Waals surface area contributed by atoms with Crippen LogP contribution >= 0.6 is 0 Å². The van der Waals surface area contributed by atoms with E-state index in [0.717, 1.165) is 82.3 Å². The van der Waals surface area contributed by atoms with E-state index in [2.05, 4.69) is 68.0 Å². The lowest BCUT2D eigenvalue weighted by Crippen LogP contribution is -2.36. The molecule has 38 heavy (non-hydrogen) atoms. The zero-order valence-corrected chi connectivity index (χ0v) is 24.1. The minimum absolute atomic E-state index is 0.499. The van der Waals surface area contributed by atoms with E-state index < -0.39 is 14.1 Å². The first-order valence-electron chi connectivity index (χ1n) is 14.6. The lowest BCUT2D eigenvalue weighted by Gasteiger charge is -2.25. The van der Waals surface area contributed by atoms with E-state index in [1.807, 2.05) is 12.1 Å². The molecule has 0 unspecified atom stereocenters. The summed E-state index contributed by atoms with van der Waals surface area (Å²) in [4.78, 5) is 2.34. The maximum Gasteiger partial charge on any atom is 0.421 e. The highest BCUT2D eigenvalue weighted by Gasteiger charge is 2.17. The molecule has 210 valence electrons. The van der Waals surface area contributed by atoms with Gasteiger partial charge in [-0.25, -0.2) is 9.13 Å². The minimum atomic E-state index is -0.499. The van der Waals surface area contributed by atoms with Gasteiger partial charge in [-0.3, -0.25) is 0 Å². The van der Waals surface area contributed by atoms with Crippen molar-refractivity contribution in [3.05, 3.63) is 36.7 Å². The molecular weight excluding hydrogens is 476 g/mol. The van der Waals surface area contributed by atoms with Crippen LogP contribution < -0.4 is 19.9 Å². The first kappa shape index (κ1) is 32.0. The monoisotopic (exact) mass is 526 g/mol. The van der Waals surface area contributed by atoms with Crippen molar-refractivity contribution in [3.63, 3.8) is 0 Å². The third-order valence-corrected chi connectivity index (χ3v) is 6.50. The standard InChI is InChI=1S/C27H50B2N7O2/c1-5-7-9-19-35-23-24-36(20-10-8-6-2)27(35)33-32-25-13-15-26(16-14-25)34(21-11-17-30-28(3)37)22-12-18-31-29(4)38/h13-16,23-24,30-31,37-38H,5-12,17-22H2,1-4H3/q+1. The Morgan fingerprint density at radius 3 is 2.03 bits per heavy atom. The van der Waals surface area contributed by atoms with E-state index in [1.165, 1.54) is 25.7 Å². The quantitative estimate of drug-likeness (QED) is 0.0828. The maximum atomic E-state index is 9.47. The van der Waals surface area contributed by atoms with Crippen LogP contribution in [0.4, 0.5) is 17.3 Å². The molecular formula is C27H50B2N7O2+. The Kier molecular flexibility index (Phi) is 16.0. The van der Waals surface area contributed by atoms with Crippen molar-refractivity contribution in [1.82, 2.24) is 15.0 Å². The van der Waals surface area contributed by atoms with Crippen LogP contribution in [0.15, 0.2) is 46.9 Å². The van der Waals surface area contributed by atoms with Crippen LogP contribution in [0, 0.1) is 0 Å². The molecule has 0 atom stereocenters. The number of rotatable bonds is 21. The average molecular weight is 526 g/mol.